The van der Waals surface area contributed by atoms with E-state index in [0.29, 0.717) is 12.4 Å². The van der Waals surface area contributed by atoms with Crippen LogP contribution in [0.5, 0.6) is 11.6 Å². The molecule has 0 fully saturated rings. The van der Waals surface area contributed by atoms with Crippen LogP contribution in [-0.2, 0) is 6.18 Å². The molecule has 0 unspecified atom stereocenters. The van der Waals surface area contributed by atoms with Crippen molar-refractivity contribution in [3.8, 4) is 17.7 Å². The quantitative estimate of drug-likeness (QED) is 0.811. The first-order valence-corrected chi connectivity index (χ1v) is 5.64. The van der Waals surface area contributed by atoms with Gasteiger partial charge in [0.25, 0.3) is 0 Å². The highest BCUT2D eigenvalue weighted by Crippen LogP contribution is 2.38. The smallest absolute Gasteiger partial charge is 0.420 e. The molecule has 0 N–H and O–H groups in total. The molecule has 0 saturated carbocycles. The maximum Gasteiger partial charge on any atom is 0.420 e. The van der Waals surface area contributed by atoms with Gasteiger partial charge < -0.3 is 4.74 Å². The third-order valence-electron chi connectivity index (χ3n) is 2.52. The van der Waals surface area contributed by atoms with Crippen LogP contribution >= 0.6 is 0 Å². The first kappa shape index (κ1) is 14.5. The van der Waals surface area contributed by atoms with Crippen LogP contribution in [0.15, 0.2) is 36.5 Å². The number of aromatic nitrogens is 1. The van der Waals surface area contributed by atoms with Crippen LogP contribution in [0, 0.1) is 11.3 Å². The Morgan fingerprint density at radius 2 is 2.00 bits per heavy atom. The van der Waals surface area contributed by atoms with Crippen LogP contribution in [0.1, 0.15) is 21.5 Å². The topological polar surface area (TPSA) is 63.0 Å². The molecule has 4 nitrogen and oxygen atoms in total. The number of nitrogens with zero attached hydrogens (tertiary/aromatic N) is 2. The van der Waals surface area contributed by atoms with E-state index in [9.17, 15) is 18.0 Å². The summed E-state index contributed by atoms with van der Waals surface area (Å²) in [5, 5.41) is 8.66. The van der Waals surface area contributed by atoms with Gasteiger partial charge in [-0.1, -0.05) is 0 Å². The number of halogens is 3. The molecular weight excluding hydrogens is 285 g/mol. The lowest BCUT2D eigenvalue weighted by Gasteiger charge is -2.13. The van der Waals surface area contributed by atoms with Gasteiger partial charge in [0.05, 0.1) is 17.2 Å². The molecule has 0 amide bonds. The van der Waals surface area contributed by atoms with Gasteiger partial charge in [-0.3, -0.25) is 4.79 Å². The number of nitriles is 1. The monoisotopic (exact) mass is 292 g/mol. The summed E-state index contributed by atoms with van der Waals surface area (Å²) in [5.41, 5.74) is -0.917. The summed E-state index contributed by atoms with van der Waals surface area (Å²) in [6.45, 7) is 0. The number of hydrogen-bond acceptors (Lipinski definition) is 4. The van der Waals surface area contributed by atoms with Gasteiger partial charge in [0.1, 0.15) is 5.75 Å². The maximum atomic E-state index is 12.9. The number of carbonyl (C=O) groups is 1. The van der Waals surface area contributed by atoms with E-state index in [0.717, 1.165) is 6.07 Å². The number of ether oxygens (including phenoxy) is 1. The third kappa shape index (κ3) is 3.36. The average molecular weight is 292 g/mol. The molecule has 106 valence electrons. The Hall–Kier alpha value is -2.88. The molecule has 1 heterocycles. The Morgan fingerprint density at radius 1 is 1.24 bits per heavy atom. The number of benzene rings is 1. The Kier molecular flexibility index (Phi) is 3.89. The van der Waals surface area contributed by atoms with Gasteiger partial charge >= 0.3 is 6.18 Å². The number of hydrogen-bond donors (Lipinski definition) is 0. The molecule has 2 rings (SSSR count). The van der Waals surface area contributed by atoms with Crippen LogP contribution in [0.4, 0.5) is 13.2 Å². The van der Waals surface area contributed by atoms with E-state index >= 15 is 0 Å². The van der Waals surface area contributed by atoms with Gasteiger partial charge in [-0.25, -0.2) is 4.98 Å². The number of aldehydes is 1. The minimum absolute atomic E-state index is 0.0872. The fraction of sp³-hybridized carbons (Fsp3) is 0.0714. The largest absolute Gasteiger partial charge is 0.438 e. The van der Waals surface area contributed by atoms with E-state index in [2.05, 4.69) is 4.98 Å². The van der Waals surface area contributed by atoms with Crippen LogP contribution in [0.2, 0.25) is 0 Å². The molecule has 0 radical (unpaired) electrons. The minimum atomic E-state index is -4.66. The van der Waals surface area contributed by atoms with Crippen molar-refractivity contribution in [2.75, 3.05) is 0 Å². The van der Waals surface area contributed by atoms with Crippen LogP contribution in [-0.4, -0.2) is 11.3 Å². The van der Waals surface area contributed by atoms with Crippen molar-refractivity contribution in [3.63, 3.8) is 0 Å². The molecule has 21 heavy (non-hydrogen) atoms. The standard InChI is InChI=1S/C14H7F3N2O2/c15-14(16,17)11-5-9(6-18)1-3-12(11)21-13-4-2-10(8-20)7-19-13/h1-5,7-8H. The van der Waals surface area contributed by atoms with Crippen LogP contribution < -0.4 is 4.74 Å². The SMILES string of the molecule is N#Cc1ccc(Oc2ccc(C=O)cn2)c(C(F)(F)F)c1. The third-order valence-corrected chi connectivity index (χ3v) is 2.52. The summed E-state index contributed by atoms with van der Waals surface area (Å²) in [7, 11) is 0. The lowest BCUT2D eigenvalue weighted by Crippen LogP contribution is -2.08. The fourth-order valence-corrected chi connectivity index (χ4v) is 1.54. The highest BCUT2D eigenvalue weighted by Gasteiger charge is 2.35. The lowest BCUT2D eigenvalue weighted by molar-refractivity contribution is -0.138. The van der Waals surface area contributed by atoms with E-state index in [-0.39, 0.29) is 17.0 Å². The summed E-state index contributed by atoms with van der Waals surface area (Å²) in [5.74, 6) is -0.552. The predicted octanol–water partition coefficient (Wildman–Crippen LogP) is 3.58. The van der Waals surface area contributed by atoms with Crippen molar-refractivity contribution < 1.29 is 22.7 Å². The fourth-order valence-electron chi connectivity index (χ4n) is 1.54. The highest BCUT2D eigenvalue weighted by molar-refractivity contribution is 5.74. The predicted molar refractivity (Wildman–Crippen MR) is 65.9 cm³/mol. The normalized spacial score (nSPS) is 10.8. The summed E-state index contributed by atoms with van der Waals surface area (Å²) in [6, 6.07) is 7.25. The Balaban J connectivity index is 2.39. The Morgan fingerprint density at radius 3 is 2.52 bits per heavy atom. The average Bonchev–Trinajstić information content (AvgIpc) is 2.47. The molecule has 0 aliphatic heterocycles. The molecule has 1 aromatic heterocycles. The maximum absolute atomic E-state index is 12.9. The minimum Gasteiger partial charge on any atom is -0.438 e. The number of carbonyl (C=O) groups excluding carboxylic acids is 1. The zero-order valence-electron chi connectivity index (χ0n) is 10.4. The second kappa shape index (κ2) is 5.63. The number of rotatable bonds is 3. The lowest BCUT2D eigenvalue weighted by atomic mass is 10.1. The second-order valence-electron chi connectivity index (χ2n) is 3.97. The molecule has 0 spiro atoms. The Bertz CT molecular complexity index is 704. The van der Waals surface area contributed by atoms with Crippen LogP contribution in [0.25, 0.3) is 0 Å². The van der Waals surface area contributed by atoms with Gasteiger partial charge in [0.2, 0.25) is 5.88 Å². The van der Waals surface area contributed by atoms with Gasteiger partial charge in [0, 0.05) is 17.8 Å². The van der Waals surface area contributed by atoms with Gasteiger partial charge in [-0.15, -0.1) is 0 Å². The van der Waals surface area contributed by atoms with Crippen molar-refractivity contribution in [2.45, 2.75) is 6.18 Å². The van der Waals surface area contributed by atoms with E-state index in [1.54, 1.807) is 6.07 Å². The number of alkyl halides is 3. The second-order valence-corrected chi connectivity index (χ2v) is 3.97. The van der Waals surface area contributed by atoms with Crippen molar-refractivity contribution >= 4 is 6.29 Å². The molecule has 1 aromatic carbocycles. The Labute approximate surface area is 117 Å². The van der Waals surface area contributed by atoms with Crippen molar-refractivity contribution in [2.24, 2.45) is 0 Å². The van der Waals surface area contributed by atoms with Crippen LogP contribution in [0.3, 0.4) is 0 Å². The van der Waals surface area contributed by atoms with E-state index in [4.69, 9.17) is 10.00 Å². The highest BCUT2D eigenvalue weighted by atomic mass is 19.4. The zero-order chi connectivity index (χ0) is 15.5. The summed E-state index contributed by atoms with van der Waals surface area (Å²) in [6.07, 6.45) is -2.93. The van der Waals surface area contributed by atoms with Crippen molar-refractivity contribution in [1.29, 1.82) is 5.26 Å². The molecule has 0 saturated heterocycles. The summed E-state index contributed by atoms with van der Waals surface area (Å²) >= 11 is 0. The van der Waals surface area contributed by atoms with Gasteiger partial charge in [0.15, 0.2) is 6.29 Å². The first-order chi connectivity index (χ1) is 9.94. The van der Waals surface area contributed by atoms with Gasteiger partial charge in [-0.05, 0) is 24.3 Å². The van der Waals surface area contributed by atoms with E-state index in [1.165, 1.54) is 24.4 Å². The number of pyridine rings is 1. The summed E-state index contributed by atoms with van der Waals surface area (Å²) < 4.78 is 43.9. The van der Waals surface area contributed by atoms with E-state index < -0.39 is 17.5 Å². The first-order valence-electron chi connectivity index (χ1n) is 5.64. The molecule has 0 atom stereocenters. The van der Waals surface area contributed by atoms with Gasteiger partial charge in [-0.2, -0.15) is 18.4 Å². The molecule has 0 bridgehead atoms. The van der Waals surface area contributed by atoms with Crippen molar-refractivity contribution in [1.82, 2.24) is 4.98 Å². The van der Waals surface area contributed by atoms with Crippen molar-refractivity contribution in [3.05, 3.63) is 53.2 Å². The zero-order valence-corrected chi connectivity index (χ0v) is 10.4. The summed E-state index contributed by atoms with van der Waals surface area (Å²) in [4.78, 5) is 14.2. The molecule has 2 aromatic rings. The molecule has 7 heteroatoms. The molecule has 0 aliphatic rings. The molecular formula is C14H7F3N2O2. The molecule has 0 aliphatic carbocycles. The van der Waals surface area contributed by atoms with E-state index in [1.807, 2.05) is 0 Å².